The maximum absolute atomic E-state index is 11.9. The third-order valence-electron chi connectivity index (χ3n) is 4.78. The molecule has 28 heavy (non-hydrogen) atoms. The third kappa shape index (κ3) is 4.01. The van der Waals surface area contributed by atoms with Gasteiger partial charge in [-0.2, -0.15) is 0 Å². The average Bonchev–Trinajstić information content (AvgIpc) is 3.16. The Balaban J connectivity index is 1.34. The Kier molecular flexibility index (Phi) is 5.02. The van der Waals surface area contributed by atoms with E-state index in [1.807, 2.05) is 18.2 Å². The van der Waals surface area contributed by atoms with Gasteiger partial charge in [-0.05, 0) is 37.5 Å². The zero-order valence-corrected chi connectivity index (χ0v) is 15.2. The van der Waals surface area contributed by atoms with Crippen molar-refractivity contribution >= 4 is 11.8 Å². The highest BCUT2D eigenvalue weighted by Gasteiger charge is 2.25. The van der Waals surface area contributed by atoms with Crippen molar-refractivity contribution in [1.82, 2.24) is 19.5 Å². The van der Waals surface area contributed by atoms with Crippen LogP contribution in [0, 0.1) is 12.3 Å². The molecule has 1 saturated carbocycles. The number of nitrogens with zero attached hydrogens (tertiary/aromatic N) is 4. The molecule has 0 bridgehead atoms. The van der Waals surface area contributed by atoms with Crippen LogP contribution in [-0.4, -0.2) is 31.6 Å². The van der Waals surface area contributed by atoms with Gasteiger partial charge in [-0.3, -0.25) is 9.36 Å². The Morgan fingerprint density at radius 3 is 2.46 bits per heavy atom. The maximum Gasteiger partial charge on any atom is 0.255 e. The molecule has 0 saturated heterocycles. The number of pyridine rings is 2. The van der Waals surface area contributed by atoms with Crippen molar-refractivity contribution in [2.75, 3.05) is 10.6 Å². The van der Waals surface area contributed by atoms with Gasteiger partial charge < -0.3 is 10.6 Å². The summed E-state index contributed by atoms with van der Waals surface area (Å²) in [6.07, 6.45) is 15.0. The fourth-order valence-corrected chi connectivity index (χ4v) is 3.37. The van der Waals surface area contributed by atoms with E-state index < -0.39 is 0 Å². The molecule has 0 spiro atoms. The second kappa shape index (κ2) is 7.92. The van der Waals surface area contributed by atoms with Gasteiger partial charge in [0.15, 0.2) is 0 Å². The topological polar surface area (TPSA) is 84.7 Å². The minimum absolute atomic E-state index is 0.0767. The average molecular weight is 372 g/mol. The fraction of sp³-hybridized carbons (Fsp3) is 0.238. The summed E-state index contributed by atoms with van der Waals surface area (Å²) in [5.74, 6) is 3.91. The van der Waals surface area contributed by atoms with Crippen LogP contribution in [-0.2, 0) is 0 Å². The molecule has 0 aliphatic heterocycles. The molecule has 2 atom stereocenters. The van der Waals surface area contributed by atoms with E-state index in [2.05, 4.69) is 31.5 Å². The molecular formula is C21H20N6O. The van der Waals surface area contributed by atoms with Crippen molar-refractivity contribution in [3.05, 3.63) is 71.0 Å². The van der Waals surface area contributed by atoms with Gasteiger partial charge >= 0.3 is 0 Å². The number of rotatable bonds is 5. The lowest BCUT2D eigenvalue weighted by atomic mass is 10.2. The standard InChI is InChI=1S/C21H20N6O/c1-2-15-12-23-21(24-13-15)26-17-7-6-16(11-17)25-19-9-8-18(14-22-19)27-10-4-3-5-20(27)28/h1,3-5,8-10,12-14,16-17H,6-7,11H2,(H,22,25)(H,23,24,26)/t16-,17-/m0/s1. The number of terminal acetylenes is 1. The van der Waals surface area contributed by atoms with Crippen LogP contribution in [0.3, 0.4) is 0 Å². The first-order valence-electron chi connectivity index (χ1n) is 9.17. The predicted molar refractivity (Wildman–Crippen MR) is 108 cm³/mol. The van der Waals surface area contributed by atoms with Crippen molar-refractivity contribution in [2.45, 2.75) is 31.3 Å². The van der Waals surface area contributed by atoms with Crippen LogP contribution in [0.5, 0.6) is 0 Å². The SMILES string of the molecule is C#Cc1cnc(N[C@H]2CC[C@H](Nc3ccc(-n4ccccc4=O)cn3)C2)nc1. The van der Waals surface area contributed by atoms with E-state index in [1.54, 1.807) is 35.4 Å². The van der Waals surface area contributed by atoms with Gasteiger partial charge in [-0.25, -0.2) is 15.0 Å². The predicted octanol–water partition coefficient (Wildman–Crippen LogP) is 2.45. The first kappa shape index (κ1) is 17.7. The van der Waals surface area contributed by atoms with Gasteiger partial charge in [0, 0.05) is 36.7 Å². The van der Waals surface area contributed by atoms with Gasteiger partial charge in [0.05, 0.1) is 17.4 Å². The summed E-state index contributed by atoms with van der Waals surface area (Å²) < 4.78 is 1.57. The summed E-state index contributed by atoms with van der Waals surface area (Å²) in [6, 6.07) is 9.49. The Morgan fingerprint density at radius 1 is 1.00 bits per heavy atom. The first-order chi connectivity index (χ1) is 13.7. The van der Waals surface area contributed by atoms with Gasteiger partial charge in [-0.1, -0.05) is 12.0 Å². The number of nitrogens with one attached hydrogen (secondary N) is 2. The number of hydrogen-bond donors (Lipinski definition) is 2. The Bertz CT molecular complexity index is 1040. The molecule has 2 N–H and O–H groups in total. The lowest BCUT2D eigenvalue weighted by molar-refractivity contribution is 0.716. The van der Waals surface area contributed by atoms with Gasteiger partial charge in [0.2, 0.25) is 5.95 Å². The zero-order valence-electron chi connectivity index (χ0n) is 15.2. The maximum atomic E-state index is 11.9. The molecule has 0 amide bonds. The molecule has 3 aromatic rings. The van der Waals surface area contributed by atoms with Crippen LogP contribution in [0.25, 0.3) is 5.69 Å². The lowest BCUT2D eigenvalue weighted by Crippen LogP contribution is -2.22. The lowest BCUT2D eigenvalue weighted by Gasteiger charge is -2.15. The summed E-state index contributed by atoms with van der Waals surface area (Å²) in [6.45, 7) is 0. The van der Waals surface area contributed by atoms with Crippen LogP contribution in [0.15, 0.2) is 59.9 Å². The normalized spacial score (nSPS) is 18.4. The zero-order chi connectivity index (χ0) is 19.3. The van der Waals surface area contributed by atoms with Crippen LogP contribution in [0.4, 0.5) is 11.8 Å². The van der Waals surface area contributed by atoms with E-state index >= 15 is 0 Å². The van der Waals surface area contributed by atoms with Crippen molar-refractivity contribution in [1.29, 1.82) is 0 Å². The molecule has 4 rings (SSSR count). The Morgan fingerprint density at radius 2 is 1.79 bits per heavy atom. The highest BCUT2D eigenvalue weighted by molar-refractivity contribution is 5.42. The molecular weight excluding hydrogens is 352 g/mol. The minimum atomic E-state index is -0.0767. The molecule has 3 aromatic heterocycles. The summed E-state index contributed by atoms with van der Waals surface area (Å²) in [4.78, 5) is 24.8. The molecule has 1 aliphatic carbocycles. The number of hydrogen-bond acceptors (Lipinski definition) is 6. The fourth-order valence-electron chi connectivity index (χ4n) is 3.37. The van der Waals surface area contributed by atoms with Crippen LogP contribution < -0.4 is 16.2 Å². The molecule has 1 aliphatic rings. The van der Waals surface area contributed by atoms with E-state index in [4.69, 9.17) is 6.42 Å². The Labute approximate surface area is 162 Å². The van der Waals surface area contributed by atoms with Crippen molar-refractivity contribution in [3.63, 3.8) is 0 Å². The van der Waals surface area contributed by atoms with E-state index in [9.17, 15) is 4.79 Å². The second-order valence-corrected chi connectivity index (χ2v) is 6.75. The van der Waals surface area contributed by atoms with Crippen molar-refractivity contribution < 1.29 is 0 Å². The Hall–Kier alpha value is -3.66. The smallest absolute Gasteiger partial charge is 0.255 e. The highest BCUT2D eigenvalue weighted by Crippen LogP contribution is 2.24. The summed E-state index contributed by atoms with van der Waals surface area (Å²) in [7, 11) is 0. The number of anilines is 2. The molecule has 1 fully saturated rings. The molecule has 0 radical (unpaired) electrons. The van der Waals surface area contributed by atoms with Crippen LogP contribution in [0.2, 0.25) is 0 Å². The molecule has 140 valence electrons. The first-order valence-corrected chi connectivity index (χ1v) is 9.17. The second-order valence-electron chi connectivity index (χ2n) is 6.75. The highest BCUT2D eigenvalue weighted by atomic mass is 16.1. The van der Waals surface area contributed by atoms with Crippen LogP contribution in [0.1, 0.15) is 24.8 Å². The largest absolute Gasteiger partial charge is 0.367 e. The third-order valence-corrected chi connectivity index (χ3v) is 4.78. The molecule has 7 heteroatoms. The van der Waals surface area contributed by atoms with Crippen molar-refractivity contribution in [2.24, 2.45) is 0 Å². The van der Waals surface area contributed by atoms with Crippen molar-refractivity contribution in [3.8, 4) is 18.0 Å². The summed E-state index contributed by atoms with van der Waals surface area (Å²) >= 11 is 0. The van der Waals surface area contributed by atoms with Crippen LogP contribution >= 0.6 is 0 Å². The summed E-state index contributed by atoms with van der Waals surface area (Å²) in [5.41, 5.74) is 1.34. The molecule has 3 heterocycles. The van der Waals surface area contributed by atoms with E-state index in [0.29, 0.717) is 23.6 Å². The molecule has 0 unspecified atom stereocenters. The van der Waals surface area contributed by atoms with E-state index in [0.717, 1.165) is 30.8 Å². The summed E-state index contributed by atoms with van der Waals surface area (Å²) in [5, 5.41) is 6.82. The van der Waals surface area contributed by atoms with E-state index in [-0.39, 0.29) is 5.56 Å². The van der Waals surface area contributed by atoms with E-state index in [1.165, 1.54) is 6.07 Å². The number of aromatic nitrogens is 4. The van der Waals surface area contributed by atoms with Gasteiger partial charge in [0.1, 0.15) is 5.82 Å². The minimum Gasteiger partial charge on any atom is -0.367 e. The molecule has 0 aromatic carbocycles. The molecule has 7 nitrogen and oxygen atoms in total. The monoisotopic (exact) mass is 372 g/mol. The van der Waals surface area contributed by atoms with Gasteiger partial charge in [0.25, 0.3) is 5.56 Å². The van der Waals surface area contributed by atoms with Gasteiger partial charge in [-0.15, -0.1) is 6.42 Å². The quantitative estimate of drug-likeness (QED) is 0.669.